The number of anilines is 2. The molecule has 0 saturated carbocycles. The first kappa shape index (κ1) is 22.2. The van der Waals surface area contributed by atoms with Crippen LogP contribution in [0.5, 0.6) is 0 Å². The first-order valence-corrected chi connectivity index (χ1v) is 12.1. The Kier molecular flexibility index (Phi) is 6.04. The minimum absolute atomic E-state index is 0.0759. The molecule has 1 aromatic carbocycles. The molecule has 3 aliphatic heterocycles. The van der Waals surface area contributed by atoms with Crippen LogP contribution in [0.3, 0.4) is 0 Å². The van der Waals surface area contributed by atoms with Crippen LogP contribution >= 0.6 is 7.75 Å². The van der Waals surface area contributed by atoms with E-state index in [9.17, 15) is 9.36 Å². The van der Waals surface area contributed by atoms with Crippen molar-refractivity contribution in [2.75, 3.05) is 55.7 Å². The zero-order valence-electron chi connectivity index (χ0n) is 17.7. The van der Waals surface area contributed by atoms with Gasteiger partial charge in [0.05, 0.1) is 38.2 Å². The van der Waals surface area contributed by atoms with Gasteiger partial charge in [-0.1, -0.05) is 5.21 Å². The number of benzene rings is 1. The minimum atomic E-state index is -3.34. The summed E-state index contributed by atoms with van der Waals surface area (Å²) in [4.78, 5) is 15.0. The molecule has 178 valence electrons. The SMILES string of the molecule is O=C1O[C@@H](Cn2ccnn2)CN1c1cc(F)c(N2CCN(P3(=O)OCCCO3)CC2)c(F)c1. The number of piperazine rings is 1. The van der Waals surface area contributed by atoms with E-state index in [2.05, 4.69) is 10.3 Å². The van der Waals surface area contributed by atoms with E-state index in [1.165, 1.54) is 15.8 Å². The second-order valence-corrected chi connectivity index (χ2v) is 9.95. The molecule has 0 bridgehead atoms. The Morgan fingerprint density at radius 2 is 1.79 bits per heavy atom. The largest absolute Gasteiger partial charge is 0.442 e. The van der Waals surface area contributed by atoms with Crippen molar-refractivity contribution in [1.29, 1.82) is 0 Å². The highest BCUT2D eigenvalue weighted by Crippen LogP contribution is 2.54. The maximum absolute atomic E-state index is 15.0. The lowest BCUT2D eigenvalue weighted by molar-refractivity contribution is 0.107. The summed E-state index contributed by atoms with van der Waals surface area (Å²) < 4.78 is 61.9. The zero-order valence-corrected chi connectivity index (χ0v) is 18.6. The number of hydrogen-bond donors (Lipinski definition) is 0. The summed E-state index contributed by atoms with van der Waals surface area (Å²) in [5.41, 5.74) is -0.110. The van der Waals surface area contributed by atoms with Gasteiger partial charge in [0.25, 0.3) is 0 Å². The van der Waals surface area contributed by atoms with Crippen molar-refractivity contribution in [2.45, 2.75) is 19.1 Å². The van der Waals surface area contributed by atoms with Crippen LogP contribution in [0.4, 0.5) is 25.0 Å². The van der Waals surface area contributed by atoms with Gasteiger partial charge in [-0.15, -0.1) is 5.10 Å². The van der Waals surface area contributed by atoms with Crippen molar-refractivity contribution >= 4 is 25.2 Å². The number of nitrogens with zero attached hydrogens (tertiary/aromatic N) is 6. The van der Waals surface area contributed by atoms with Crippen LogP contribution in [0.25, 0.3) is 0 Å². The van der Waals surface area contributed by atoms with E-state index in [4.69, 9.17) is 13.8 Å². The van der Waals surface area contributed by atoms with Crippen molar-refractivity contribution in [1.82, 2.24) is 19.7 Å². The summed E-state index contributed by atoms with van der Waals surface area (Å²) in [5, 5.41) is 7.52. The van der Waals surface area contributed by atoms with Crippen LogP contribution in [-0.4, -0.2) is 77.8 Å². The van der Waals surface area contributed by atoms with Crippen LogP contribution in [0.2, 0.25) is 0 Å². The predicted molar refractivity (Wildman–Crippen MR) is 112 cm³/mol. The highest BCUT2D eigenvalue weighted by Gasteiger charge is 2.39. The number of amides is 1. The number of cyclic esters (lactones) is 1. The Morgan fingerprint density at radius 1 is 1.09 bits per heavy atom. The molecule has 1 aromatic heterocycles. The first-order valence-electron chi connectivity index (χ1n) is 10.6. The summed E-state index contributed by atoms with van der Waals surface area (Å²) in [5.74, 6) is -1.58. The molecule has 0 aliphatic carbocycles. The molecular weight excluding hydrogens is 461 g/mol. The Bertz CT molecular complexity index is 1030. The third kappa shape index (κ3) is 4.45. The molecule has 0 radical (unpaired) electrons. The van der Waals surface area contributed by atoms with Gasteiger partial charge in [-0.3, -0.25) is 13.9 Å². The minimum Gasteiger partial charge on any atom is -0.442 e. The van der Waals surface area contributed by atoms with Crippen LogP contribution in [-0.2, 0) is 24.9 Å². The molecule has 33 heavy (non-hydrogen) atoms. The second kappa shape index (κ2) is 8.98. The summed E-state index contributed by atoms with van der Waals surface area (Å²) in [7, 11) is -3.34. The van der Waals surface area contributed by atoms with Gasteiger partial charge in [0, 0.05) is 44.5 Å². The molecule has 0 spiro atoms. The molecule has 3 aliphatic rings. The van der Waals surface area contributed by atoms with Crippen molar-refractivity contribution in [3.8, 4) is 0 Å². The summed E-state index contributed by atoms with van der Waals surface area (Å²) in [6.07, 6.45) is 2.61. The summed E-state index contributed by atoms with van der Waals surface area (Å²) >= 11 is 0. The quantitative estimate of drug-likeness (QED) is 0.592. The number of hydrogen-bond acceptors (Lipinski definition) is 8. The molecule has 2 aromatic rings. The van der Waals surface area contributed by atoms with Crippen molar-refractivity contribution < 1.29 is 31.9 Å². The van der Waals surface area contributed by atoms with Crippen molar-refractivity contribution in [3.05, 3.63) is 36.2 Å². The van der Waals surface area contributed by atoms with E-state index >= 15 is 8.78 Å². The highest BCUT2D eigenvalue weighted by molar-refractivity contribution is 7.51. The van der Waals surface area contributed by atoms with Gasteiger partial charge in [0.1, 0.15) is 11.8 Å². The Hall–Kier alpha value is -2.60. The Balaban J connectivity index is 1.26. The molecule has 14 heteroatoms. The third-order valence-electron chi connectivity index (χ3n) is 5.77. The van der Waals surface area contributed by atoms with Crippen LogP contribution in [0, 0.1) is 11.6 Å². The molecule has 0 unspecified atom stereocenters. The lowest BCUT2D eigenvalue weighted by Crippen LogP contribution is -2.46. The van der Waals surface area contributed by atoms with E-state index in [0.717, 1.165) is 12.1 Å². The Morgan fingerprint density at radius 3 is 2.42 bits per heavy atom. The van der Waals surface area contributed by atoms with E-state index in [0.29, 0.717) is 19.6 Å². The number of ether oxygens (including phenoxy) is 1. The lowest BCUT2D eigenvalue weighted by Gasteiger charge is -2.39. The van der Waals surface area contributed by atoms with Crippen LogP contribution in [0.15, 0.2) is 24.5 Å². The fourth-order valence-electron chi connectivity index (χ4n) is 4.16. The summed E-state index contributed by atoms with van der Waals surface area (Å²) in [6, 6.07) is 2.25. The molecule has 5 rings (SSSR count). The van der Waals surface area contributed by atoms with Gasteiger partial charge in [-0.25, -0.2) is 27.5 Å². The highest BCUT2D eigenvalue weighted by atomic mass is 31.2. The zero-order chi connectivity index (χ0) is 23.0. The fourth-order valence-corrected chi connectivity index (χ4v) is 5.95. The maximum Gasteiger partial charge on any atom is 0.414 e. The van der Waals surface area contributed by atoms with E-state index in [-0.39, 0.29) is 50.6 Å². The molecule has 3 saturated heterocycles. The Labute approximate surface area is 188 Å². The van der Waals surface area contributed by atoms with E-state index < -0.39 is 31.6 Å². The van der Waals surface area contributed by atoms with Gasteiger partial charge < -0.3 is 9.64 Å². The topological polar surface area (TPSA) is 102 Å². The van der Waals surface area contributed by atoms with Crippen molar-refractivity contribution in [2.24, 2.45) is 0 Å². The normalized spacial score (nSPS) is 23.7. The molecular formula is C19H23F2N6O5P. The number of rotatable bonds is 5. The fraction of sp³-hybridized carbons (Fsp3) is 0.526. The maximum atomic E-state index is 15.0. The van der Waals surface area contributed by atoms with Gasteiger partial charge in [0.15, 0.2) is 11.6 Å². The number of carbonyl (C=O) groups excluding carboxylic acids is 1. The number of carbonyl (C=O) groups is 1. The smallest absolute Gasteiger partial charge is 0.414 e. The van der Waals surface area contributed by atoms with Gasteiger partial charge in [-0.05, 0) is 6.42 Å². The molecule has 1 atom stereocenters. The van der Waals surface area contributed by atoms with Crippen LogP contribution < -0.4 is 9.80 Å². The average molecular weight is 484 g/mol. The number of halogens is 2. The monoisotopic (exact) mass is 484 g/mol. The lowest BCUT2D eigenvalue weighted by atomic mass is 10.2. The second-order valence-electron chi connectivity index (χ2n) is 7.93. The molecule has 4 heterocycles. The molecule has 1 amide bonds. The van der Waals surface area contributed by atoms with Crippen molar-refractivity contribution in [3.63, 3.8) is 0 Å². The first-order chi connectivity index (χ1) is 15.9. The third-order valence-corrected chi connectivity index (χ3v) is 7.88. The average Bonchev–Trinajstić information content (AvgIpc) is 3.44. The summed E-state index contributed by atoms with van der Waals surface area (Å²) in [6.45, 7) is 2.19. The van der Waals surface area contributed by atoms with Gasteiger partial charge in [0.2, 0.25) is 0 Å². The molecule has 3 fully saturated rings. The van der Waals surface area contributed by atoms with E-state index in [1.54, 1.807) is 15.8 Å². The predicted octanol–water partition coefficient (Wildman–Crippen LogP) is 2.25. The van der Waals surface area contributed by atoms with Gasteiger partial charge in [-0.2, -0.15) is 0 Å². The molecule has 0 N–H and O–H groups in total. The van der Waals surface area contributed by atoms with E-state index in [1.807, 2.05) is 0 Å². The standard InChI is InChI=1S/C19H23F2N6O5P/c20-16-10-14(27-13-15(32-19(27)28)12-25-3-2-22-23-25)11-17(21)18(16)24-4-6-26(7-5-24)33(29)30-8-1-9-31-33/h2-3,10-11,15H,1,4-9,12-13H2/t15-/m0/s1. The molecule has 11 nitrogen and oxygen atoms in total. The van der Waals surface area contributed by atoms with Crippen LogP contribution in [0.1, 0.15) is 6.42 Å². The number of aromatic nitrogens is 3. The van der Waals surface area contributed by atoms with Gasteiger partial charge >= 0.3 is 13.8 Å².